The fourth-order valence-electron chi connectivity index (χ4n) is 3.85. The second kappa shape index (κ2) is 7.06. The monoisotopic (exact) mass is 404 g/mol. The molecule has 0 atom stereocenters. The molecule has 0 spiro atoms. The van der Waals surface area contributed by atoms with Gasteiger partial charge in [0.2, 0.25) is 0 Å². The van der Waals surface area contributed by atoms with Crippen LogP contribution in [0.1, 0.15) is 47.4 Å². The molecule has 0 unspecified atom stereocenters. The standard InChI is InChI=1S/C20H19F3N4O2/c1-11-14(18(28)25-13-9-5-6-10-13)19(29)27-17(24-11)15(12-7-3-2-4-8-12)16(26-27)20(21,22)23/h2-4,7-8,13,26H,5-6,9-10H2,1H3,(H,25,28). The highest BCUT2D eigenvalue weighted by Crippen LogP contribution is 2.38. The van der Waals surface area contributed by atoms with Crippen molar-refractivity contribution in [3.8, 4) is 11.1 Å². The Morgan fingerprint density at radius 2 is 1.86 bits per heavy atom. The maximum absolute atomic E-state index is 13.7. The van der Waals surface area contributed by atoms with Crippen LogP contribution in [-0.2, 0) is 6.18 Å². The number of rotatable bonds is 3. The zero-order valence-electron chi connectivity index (χ0n) is 15.6. The van der Waals surface area contributed by atoms with E-state index in [-0.39, 0.29) is 34.1 Å². The first-order valence-corrected chi connectivity index (χ1v) is 9.36. The largest absolute Gasteiger partial charge is 0.433 e. The number of aryl methyl sites for hydroxylation is 1. The normalized spacial score (nSPS) is 15.2. The van der Waals surface area contributed by atoms with Crippen molar-refractivity contribution in [2.24, 2.45) is 0 Å². The third-order valence-corrected chi connectivity index (χ3v) is 5.22. The predicted octanol–water partition coefficient (Wildman–Crippen LogP) is 3.69. The number of carbonyl (C=O) groups excluding carboxylic acids is 1. The van der Waals surface area contributed by atoms with E-state index < -0.39 is 23.3 Å². The van der Waals surface area contributed by atoms with E-state index in [9.17, 15) is 22.8 Å². The number of halogens is 3. The van der Waals surface area contributed by atoms with Crippen LogP contribution >= 0.6 is 0 Å². The van der Waals surface area contributed by atoms with Gasteiger partial charge in [0.15, 0.2) is 5.65 Å². The number of aromatic nitrogens is 3. The Balaban J connectivity index is 1.91. The van der Waals surface area contributed by atoms with Crippen molar-refractivity contribution in [2.75, 3.05) is 0 Å². The summed E-state index contributed by atoms with van der Waals surface area (Å²) >= 11 is 0. The van der Waals surface area contributed by atoms with Gasteiger partial charge in [-0.2, -0.15) is 17.7 Å². The van der Waals surface area contributed by atoms with E-state index in [1.54, 1.807) is 18.2 Å². The van der Waals surface area contributed by atoms with Crippen LogP contribution < -0.4 is 10.9 Å². The molecule has 0 aliphatic heterocycles. The molecule has 152 valence electrons. The molecule has 0 saturated heterocycles. The summed E-state index contributed by atoms with van der Waals surface area (Å²) in [6.07, 6.45) is -1.11. The van der Waals surface area contributed by atoms with Gasteiger partial charge < -0.3 is 5.32 Å². The molecule has 29 heavy (non-hydrogen) atoms. The molecule has 6 nitrogen and oxygen atoms in total. The van der Waals surface area contributed by atoms with Crippen molar-refractivity contribution in [3.05, 3.63) is 57.6 Å². The molecular weight excluding hydrogens is 385 g/mol. The van der Waals surface area contributed by atoms with Gasteiger partial charge >= 0.3 is 6.18 Å². The molecule has 0 bridgehead atoms. The van der Waals surface area contributed by atoms with Crippen molar-refractivity contribution in [1.29, 1.82) is 0 Å². The van der Waals surface area contributed by atoms with Crippen LogP contribution in [0.25, 0.3) is 16.8 Å². The van der Waals surface area contributed by atoms with Gasteiger partial charge in [-0.15, -0.1) is 0 Å². The van der Waals surface area contributed by atoms with Crippen molar-refractivity contribution in [2.45, 2.75) is 44.8 Å². The van der Waals surface area contributed by atoms with Crippen molar-refractivity contribution >= 4 is 11.6 Å². The number of hydrogen-bond acceptors (Lipinski definition) is 3. The SMILES string of the molecule is Cc1nc2c(-c3ccccc3)c(C(F)(F)F)[nH]n2c(=O)c1C(=O)NC1CCCC1. The minimum absolute atomic E-state index is 0.0312. The summed E-state index contributed by atoms with van der Waals surface area (Å²) in [5.41, 5.74) is -2.20. The quantitative estimate of drug-likeness (QED) is 0.699. The van der Waals surface area contributed by atoms with Crippen LogP contribution in [0.15, 0.2) is 35.1 Å². The number of alkyl halides is 3. The summed E-state index contributed by atoms with van der Waals surface area (Å²) in [6.45, 7) is 1.46. The van der Waals surface area contributed by atoms with E-state index in [4.69, 9.17) is 0 Å². The summed E-state index contributed by atoms with van der Waals surface area (Å²) in [5.74, 6) is -0.606. The maximum Gasteiger partial charge on any atom is 0.433 e. The number of aromatic amines is 1. The van der Waals surface area contributed by atoms with Crippen molar-refractivity contribution in [3.63, 3.8) is 0 Å². The summed E-state index contributed by atoms with van der Waals surface area (Å²) in [5, 5.41) is 4.92. The lowest BCUT2D eigenvalue weighted by Gasteiger charge is -2.12. The third kappa shape index (κ3) is 3.41. The van der Waals surface area contributed by atoms with Crippen LogP contribution in [0, 0.1) is 6.92 Å². The van der Waals surface area contributed by atoms with E-state index in [2.05, 4.69) is 15.4 Å². The molecule has 9 heteroatoms. The van der Waals surface area contributed by atoms with E-state index in [0.717, 1.165) is 25.7 Å². The zero-order valence-corrected chi connectivity index (χ0v) is 15.6. The topological polar surface area (TPSA) is 79.3 Å². The van der Waals surface area contributed by atoms with E-state index in [1.807, 2.05) is 0 Å². The van der Waals surface area contributed by atoms with Crippen LogP contribution in [0.5, 0.6) is 0 Å². The molecule has 2 heterocycles. The molecule has 1 aliphatic rings. The molecule has 3 aromatic rings. The lowest BCUT2D eigenvalue weighted by Crippen LogP contribution is -2.38. The Bertz CT molecular complexity index is 1130. The first-order valence-electron chi connectivity index (χ1n) is 9.36. The highest BCUT2D eigenvalue weighted by Gasteiger charge is 2.38. The zero-order chi connectivity index (χ0) is 20.8. The molecule has 2 aromatic heterocycles. The van der Waals surface area contributed by atoms with Gasteiger partial charge in [-0.05, 0) is 25.3 Å². The summed E-state index contributed by atoms with van der Waals surface area (Å²) in [7, 11) is 0. The van der Waals surface area contributed by atoms with Gasteiger partial charge in [0.1, 0.15) is 11.3 Å². The molecule has 4 rings (SSSR count). The number of nitrogens with one attached hydrogen (secondary N) is 2. The Morgan fingerprint density at radius 3 is 2.48 bits per heavy atom. The van der Waals surface area contributed by atoms with Gasteiger partial charge in [-0.1, -0.05) is 43.2 Å². The van der Waals surface area contributed by atoms with Crippen LogP contribution in [0.4, 0.5) is 13.2 Å². The summed E-state index contributed by atoms with van der Waals surface area (Å²) in [4.78, 5) is 29.8. The Kier molecular flexibility index (Phi) is 4.68. The summed E-state index contributed by atoms with van der Waals surface area (Å²) < 4.78 is 41.8. The number of nitrogens with zero attached hydrogens (tertiary/aromatic N) is 2. The van der Waals surface area contributed by atoms with E-state index in [1.165, 1.54) is 19.1 Å². The lowest BCUT2D eigenvalue weighted by atomic mass is 10.1. The fraction of sp³-hybridized carbons (Fsp3) is 0.350. The second-order valence-corrected chi connectivity index (χ2v) is 7.22. The Labute approximate surface area is 163 Å². The van der Waals surface area contributed by atoms with Crippen molar-refractivity contribution in [1.82, 2.24) is 19.9 Å². The van der Waals surface area contributed by atoms with Gasteiger partial charge in [0, 0.05) is 6.04 Å². The molecule has 1 aliphatic carbocycles. The highest BCUT2D eigenvalue weighted by molar-refractivity contribution is 5.95. The maximum atomic E-state index is 13.7. The predicted molar refractivity (Wildman–Crippen MR) is 101 cm³/mol. The number of fused-ring (bicyclic) bond motifs is 1. The molecule has 1 aromatic carbocycles. The van der Waals surface area contributed by atoms with E-state index in [0.29, 0.717) is 4.52 Å². The highest BCUT2D eigenvalue weighted by atomic mass is 19.4. The van der Waals surface area contributed by atoms with Gasteiger partial charge in [0.05, 0.1) is 11.3 Å². The third-order valence-electron chi connectivity index (χ3n) is 5.22. The minimum Gasteiger partial charge on any atom is -0.349 e. The summed E-state index contributed by atoms with van der Waals surface area (Å²) in [6, 6.07) is 7.89. The first kappa shape index (κ1) is 19.2. The molecule has 0 radical (unpaired) electrons. The van der Waals surface area contributed by atoms with Gasteiger partial charge in [-0.3, -0.25) is 14.7 Å². The number of benzene rings is 1. The molecule has 2 N–H and O–H groups in total. The fourth-order valence-corrected chi connectivity index (χ4v) is 3.85. The average Bonchev–Trinajstić information content (AvgIpc) is 3.29. The molecular formula is C20H19F3N4O2. The Morgan fingerprint density at radius 1 is 1.21 bits per heavy atom. The average molecular weight is 404 g/mol. The van der Waals surface area contributed by atoms with Gasteiger partial charge in [0.25, 0.3) is 11.5 Å². The van der Waals surface area contributed by atoms with E-state index >= 15 is 0 Å². The molecule has 1 amide bonds. The lowest BCUT2D eigenvalue weighted by molar-refractivity contribution is -0.140. The smallest absolute Gasteiger partial charge is 0.349 e. The first-order chi connectivity index (χ1) is 13.8. The number of H-pyrrole nitrogens is 1. The number of hydrogen-bond donors (Lipinski definition) is 2. The van der Waals surface area contributed by atoms with Crippen LogP contribution in [0.2, 0.25) is 0 Å². The molecule has 1 saturated carbocycles. The van der Waals surface area contributed by atoms with Crippen LogP contribution in [-0.4, -0.2) is 26.5 Å². The Hall–Kier alpha value is -3.10. The second-order valence-electron chi connectivity index (χ2n) is 7.22. The van der Waals surface area contributed by atoms with Crippen molar-refractivity contribution < 1.29 is 18.0 Å². The van der Waals surface area contributed by atoms with Crippen LogP contribution in [0.3, 0.4) is 0 Å². The minimum atomic E-state index is -4.73. The molecule has 1 fully saturated rings. The number of carbonyl (C=O) groups is 1. The van der Waals surface area contributed by atoms with Gasteiger partial charge in [-0.25, -0.2) is 4.98 Å². The number of amides is 1.